The summed E-state index contributed by atoms with van der Waals surface area (Å²) in [6, 6.07) is 3.47. The summed E-state index contributed by atoms with van der Waals surface area (Å²) in [5.74, 6) is 4.71. The first-order valence-corrected chi connectivity index (χ1v) is 4.80. The van der Waals surface area contributed by atoms with Crippen LogP contribution in [-0.4, -0.2) is 11.6 Å². The number of hydrogen-bond acceptors (Lipinski definition) is 2. The fourth-order valence-corrected chi connectivity index (χ4v) is 1.70. The van der Waals surface area contributed by atoms with Gasteiger partial charge in [-0.15, -0.1) is 0 Å². The van der Waals surface area contributed by atoms with E-state index in [0.717, 1.165) is 16.5 Å². The number of nitrogens with two attached hydrogens (primary N) is 1. The number of aromatic nitrogens is 1. The Hall–Kier alpha value is -1.39. The maximum atomic E-state index is 13.6. The van der Waals surface area contributed by atoms with Crippen molar-refractivity contribution in [3.8, 4) is 0 Å². The molecule has 3 nitrogen and oxygen atoms in total. The predicted octanol–water partition coefficient (Wildman–Crippen LogP) is 2.05. The van der Waals surface area contributed by atoms with Crippen molar-refractivity contribution in [2.45, 2.75) is 13.3 Å². The number of rotatable bonds is 3. The van der Waals surface area contributed by atoms with E-state index in [4.69, 9.17) is 5.90 Å². The van der Waals surface area contributed by atoms with Crippen molar-refractivity contribution in [1.29, 1.82) is 0 Å². The first kappa shape index (κ1) is 10.1. The van der Waals surface area contributed by atoms with Crippen LogP contribution in [0.1, 0.15) is 11.1 Å². The zero-order chi connectivity index (χ0) is 10.8. The molecule has 1 aromatic carbocycles. The Labute approximate surface area is 87.0 Å². The molecule has 15 heavy (non-hydrogen) atoms. The second-order valence-corrected chi connectivity index (χ2v) is 3.59. The molecule has 1 heterocycles. The Balaban J connectivity index is 2.45. The number of nitrogens with one attached hydrogen (secondary N) is 1. The lowest BCUT2D eigenvalue weighted by Crippen LogP contribution is -2.03. The molecule has 0 saturated heterocycles. The lowest BCUT2D eigenvalue weighted by atomic mass is 10.1. The third-order valence-electron chi connectivity index (χ3n) is 2.52. The van der Waals surface area contributed by atoms with Gasteiger partial charge < -0.3 is 9.82 Å². The van der Waals surface area contributed by atoms with E-state index in [1.54, 1.807) is 6.20 Å². The first-order valence-electron chi connectivity index (χ1n) is 4.80. The van der Waals surface area contributed by atoms with Crippen molar-refractivity contribution in [3.63, 3.8) is 0 Å². The zero-order valence-corrected chi connectivity index (χ0v) is 8.51. The number of aromatic amines is 1. The minimum Gasteiger partial charge on any atom is -0.359 e. The van der Waals surface area contributed by atoms with Crippen LogP contribution in [0.3, 0.4) is 0 Å². The Kier molecular flexibility index (Phi) is 2.70. The topological polar surface area (TPSA) is 51.0 Å². The third kappa shape index (κ3) is 1.86. The molecule has 0 spiro atoms. The number of halogens is 1. The molecule has 0 saturated carbocycles. The van der Waals surface area contributed by atoms with Crippen molar-refractivity contribution < 1.29 is 9.23 Å². The minimum atomic E-state index is -0.229. The lowest BCUT2D eigenvalue weighted by Gasteiger charge is -2.02. The lowest BCUT2D eigenvalue weighted by molar-refractivity contribution is 0.141. The normalized spacial score (nSPS) is 11.1. The van der Waals surface area contributed by atoms with Gasteiger partial charge in [0.05, 0.1) is 12.1 Å². The molecule has 0 amide bonds. The van der Waals surface area contributed by atoms with E-state index in [2.05, 4.69) is 9.82 Å². The van der Waals surface area contributed by atoms with E-state index >= 15 is 0 Å². The Morgan fingerprint density at radius 1 is 1.47 bits per heavy atom. The van der Waals surface area contributed by atoms with E-state index < -0.39 is 0 Å². The van der Waals surface area contributed by atoms with Crippen LogP contribution in [0.25, 0.3) is 10.9 Å². The summed E-state index contributed by atoms with van der Waals surface area (Å²) in [5.41, 5.74) is 2.50. The highest BCUT2D eigenvalue weighted by Crippen LogP contribution is 2.22. The van der Waals surface area contributed by atoms with E-state index in [-0.39, 0.29) is 5.82 Å². The van der Waals surface area contributed by atoms with Gasteiger partial charge in [0, 0.05) is 11.6 Å². The van der Waals surface area contributed by atoms with Gasteiger partial charge in [-0.1, -0.05) is 0 Å². The van der Waals surface area contributed by atoms with Crippen LogP contribution in [0.4, 0.5) is 4.39 Å². The molecule has 4 heteroatoms. The third-order valence-corrected chi connectivity index (χ3v) is 2.52. The second-order valence-electron chi connectivity index (χ2n) is 3.59. The Morgan fingerprint density at radius 2 is 2.27 bits per heavy atom. The maximum absolute atomic E-state index is 13.6. The number of H-pyrrole nitrogens is 1. The van der Waals surface area contributed by atoms with Gasteiger partial charge in [0.25, 0.3) is 0 Å². The molecule has 2 rings (SSSR count). The van der Waals surface area contributed by atoms with Gasteiger partial charge in [-0.05, 0) is 36.6 Å². The summed E-state index contributed by atoms with van der Waals surface area (Å²) in [6.45, 7) is 2.34. The molecule has 0 atom stereocenters. The standard InChI is InChI=1S/C11H13FN2O/c1-7-6-14-11-9(7)4-8(2-3-15-13)5-10(11)12/h4-6,14H,2-3,13H2,1H3. The van der Waals surface area contributed by atoms with Gasteiger partial charge >= 0.3 is 0 Å². The fraction of sp³-hybridized carbons (Fsp3) is 0.273. The highest BCUT2D eigenvalue weighted by molar-refractivity contribution is 5.84. The first-order chi connectivity index (χ1) is 7.22. The SMILES string of the molecule is Cc1c[nH]c2c(F)cc(CCON)cc12. The summed E-state index contributed by atoms with van der Waals surface area (Å²) in [7, 11) is 0. The molecule has 0 fully saturated rings. The fourth-order valence-electron chi connectivity index (χ4n) is 1.70. The quantitative estimate of drug-likeness (QED) is 0.758. The maximum Gasteiger partial charge on any atom is 0.147 e. The molecule has 0 aliphatic carbocycles. The average Bonchev–Trinajstić information content (AvgIpc) is 2.58. The van der Waals surface area contributed by atoms with Crippen molar-refractivity contribution >= 4 is 10.9 Å². The molecular weight excluding hydrogens is 195 g/mol. The summed E-state index contributed by atoms with van der Waals surface area (Å²) in [5, 5.41) is 0.919. The summed E-state index contributed by atoms with van der Waals surface area (Å²) in [4.78, 5) is 7.39. The summed E-state index contributed by atoms with van der Waals surface area (Å²) < 4.78 is 13.6. The largest absolute Gasteiger partial charge is 0.359 e. The van der Waals surface area contributed by atoms with Crippen LogP contribution in [-0.2, 0) is 11.3 Å². The molecule has 0 bridgehead atoms. The molecule has 0 aliphatic heterocycles. The molecule has 3 N–H and O–H groups in total. The number of benzene rings is 1. The molecule has 0 radical (unpaired) electrons. The highest BCUT2D eigenvalue weighted by atomic mass is 19.1. The van der Waals surface area contributed by atoms with Crippen LogP contribution < -0.4 is 5.90 Å². The number of aryl methyl sites for hydroxylation is 1. The smallest absolute Gasteiger partial charge is 0.147 e. The van der Waals surface area contributed by atoms with Crippen molar-refractivity contribution in [3.05, 3.63) is 35.3 Å². The van der Waals surface area contributed by atoms with E-state index in [1.807, 2.05) is 13.0 Å². The van der Waals surface area contributed by atoms with Gasteiger partial charge in [-0.25, -0.2) is 10.3 Å². The monoisotopic (exact) mass is 208 g/mol. The van der Waals surface area contributed by atoms with Crippen LogP contribution in [0, 0.1) is 12.7 Å². The minimum absolute atomic E-state index is 0.229. The molecule has 2 aromatic rings. The second kappa shape index (κ2) is 4.00. The van der Waals surface area contributed by atoms with E-state index in [0.29, 0.717) is 18.5 Å². The average molecular weight is 208 g/mol. The Morgan fingerprint density at radius 3 is 3.00 bits per heavy atom. The highest BCUT2D eigenvalue weighted by Gasteiger charge is 2.07. The van der Waals surface area contributed by atoms with Gasteiger partial charge in [-0.2, -0.15) is 0 Å². The van der Waals surface area contributed by atoms with Crippen LogP contribution >= 0.6 is 0 Å². The van der Waals surface area contributed by atoms with E-state index in [1.165, 1.54) is 6.07 Å². The van der Waals surface area contributed by atoms with Crippen LogP contribution in [0.5, 0.6) is 0 Å². The van der Waals surface area contributed by atoms with Crippen molar-refractivity contribution in [2.75, 3.05) is 6.61 Å². The van der Waals surface area contributed by atoms with Crippen molar-refractivity contribution in [1.82, 2.24) is 4.98 Å². The van der Waals surface area contributed by atoms with Gasteiger partial charge in [-0.3, -0.25) is 0 Å². The Bertz CT molecular complexity index is 479. The zero-order valence-electron chi connectivity index (χ0n) is 8.51. The van der Waals surface area contributed by atoms with Gasteiger partial charge in [0.2, 0.25) is 0 Å². The molecule has 0 aliphatic rings. The van der Waals surface area contributed by atoms with Crippen molar-refractivity contribution in [2.24, 2.45) is 5.90 Å². The summed E-state index contributed by atoms with van der Waals surface area (Å²) >= 11 is 0. The molecule has 80 valence electrons. The number of fused-ring (bicyclic) bond motifs is 1. The molecule has 1 aromatic heterocycles. The van der Waals surface area contributed by atoms with E-state index in [9.17, 15) is 4.39 Å². The summed E-state index contributed by atoms with van der Waals surface area (Å²) in [6.07, 6.45) is 2.42. The molecular formula is C11H13FN2O. The van der Waals surface area contributed by atoms with Gasteiger partial charge in [0.15, 0.2) is 0 Å². The van der Waals surface area contributed by atoms with Crippen LogP contribution in [0.15, 0.2) is 18.3 Å². The van der Waals surface area contributed by atoms with Crippen LogP contribution in [0.2, 0.25) is 0 Å². The number of hydrogen-bond donors (Lipinski definition) is 2. The molecule has 0 unspecified atom stereocenters. The van der Waals surface area contributed by atoms with Gasteiger partial charge in [0.1, 0.15) is 5.82 Å². The predicted molar refractivity (Wildman–Crippen MR) is 56.8 cm³/mol.